The maximum Gasteiger partial charge on any atom is 0.227 e. The van der Waals surface area contributed by atoms with Crippen LogP contribution in [0.3, 0.4) is 0 Å². The highest BCUT2D eigenvalue weighted by atomic mass is 16.2. The number of pyridine rings is 1. The molecular formula is C25H26N2O. The van der Waals surface area contributed by atoms with Crippen LogP contribution in [-0.4, -0.2) is 28.9 Å². The molecule has 3 aromatic rings. The number of hydrogen-bond donors (Lipinski definition) is 0. The fraction of sp³-hybridized carbons (Fsp3) is 0.280. The maximum absolute atomic E-state index is 12.8. The Morgan fingerprint density at radius 1 is 0.893 bits per heavy atom. The minimum Gasteiger partial charge on any atom is -0.342 e. The lowest BCUT2D eigenvalue weighted by Crippen LogP contribution is -2.40. The van der Waals surface area contributed by atoms with Crippen LogP contribution in [0.4, 0.5) is 0 Å². The van der Waals surface area contributed by atoms with Gasteiger partial charge in [-0.25, -0.2) is 0 Å². The van der Waals surface area contributed by atoms with Crippen LogP contribution in [0.25, 0.3) is 0 Å². The summed E-state index contributed by atoms with van der Waals surface area (Å²) in [6.07, 6.45) is 3.46. The smallest absolute Gasteiger partial charge is 0.227 e. The minimum absolute atomic E-state index is 0.219. The van der Waals surface area contributed by atoms with E-state index in [4.69, 9.17) is 4.98 Å². The second kappa shape index (κ2) is 8.83. The van der Waals surface area contributed by atoms with E-state index in [1.54, 1.807) is 0 Å². The first-order valence-corrected chi connectivity index (χ1v) is 10.1. The zero-order valence-electron chi connectivity index (χ0n) is 16.1. The SMILES string of the molecule is O=C(Cc1ccccc1)N1CCC[C@@H](c2cccc(Cc3ccccc3)n2)C1. The molecule has 1 aliphatic rings. The van der Waals surface area contributed by atoms with Crippen molar-refractivity contribution >= 4 is 5.91 Å². The van der Waals surface area contributed by atoms with Gasteiger partial charge in [0.2, 0.25) is 5.91 Å². The number of aromatic nitrogens is 1. The molecule has 28 heavy (non-hydrogen) atoms. The molecule has 1 amide bonds. The van der Waals surface area contributed by atoms with Crippen molar-refractivity contribution in [3.63, 3.8) is 0 Å². The molecule has 1 atom stereocenters. The third-order valence-corrected chi connectivity index (χ3v) is 5.45. The van der Waals surface area contributed by atoms with E-state index in [0.29, 0.717) is 12.3 Å². The average Bonchev–Trinajstić information content (AvgIpc) is 2.75. The molecular weight excluding hydrogens is 344 g/mol. The van der Waals surface area contributed by atoms with Gasteiger partial charge in [0, 0.05) is 36.8 Å². The van der Waals surface area contributed by atoms with Crippen LogP contribution >= 0.6 is 0 Å². The highest BCUT2D eigenvalue weighted by molar-refractivity contribution is 5.79. The van der Waals surface area contributed by atoms with E-state index in [9.17, 15) is 4.79 Å². The molecule has 3 heteroatoms. The van der Waals surface area contributed by atoms with Gasteiger partial charge in [0.15, 0.2) is 0 Å². The number of likely N-dealkylation sites (tertiary alicyclic amines) is 1. The van der Waals surface area contributed by atoms with E-state index in [1.165, 1.54) is 5.56 Å². The quantitative estimate of drug-likeness (QED) is 0.656. The van der Waals surface area contributed by atoms with E-state index >= 15 is 0 Å². The number of nitrogens with zero attached hydrogens (tertiary/aromatic N) is 2. The normalized spacial score (nSPS) is 16.7. The van der Waals surface area contributed by atoms with Gasteiger partial charge in [0.05, 0.1) is 6.42 Å². The molecule has 4 rings (SSSR count). The van der Waals surface area contributed by atoms with Crippen molar-refractivity contribution in [3.8, 4) is 0 Å². The predicted octanol–water partition coefficient (Wildman–Crippen LogP) is 4.62. The second-order valence-corrected chi connectivity index (χ2v) is 7.56. The Morgan fingerprint density at radius 3 is 2.36 bits per heavy atom. The van der Waals surface area contributed by atoms with Gasteiger partial charge in [-0.2, -0.15) is 0 Å². The molecule has 1 aliphatic heterocycles. The number of carbonyl (C=O) groups is 1. The van der Waals surface area contributed by atoms with Crippen LogP contribution in [0.1, 0.15) is 41.3 Å². The lowest BCUT2D eigenvalue weighted by molar-refractivity contribution is -0.131. The molecule has 0 unspecified atom stereocenters. The lowest BCUT2D eigenvalue weighted by atomic mass is 9.93. The van der Waals surface area contributed by atoms with Gasteiger partial charge in [-0.15, -0.1) is 0 Å². The van der Waals surface area contributed by atoms with E-state index in [-0.39, 0.29) is 5.91 Å². The van der Waals surface area contributed by atoms with Crippen molar-refractivity contribution in [3.05, 3.63) is 101 Å². The van der Waals surface area contributed by atoms with E-state index < -0.39 is 0 Å². The third-order valence-electron chi connectivity index (χ3n) is 5.45. The number of piperidine rings is 1. The highest BCUT2D eigenvalue weighted by Gasteiger charge is 2.25. The average molecular weight is 370 g/mol. The number of amides is 1. The van der Waals surface area contributed by atoms with E-state index in [2.05, 4.69) is 42.5 Å². The number of carbonyl (C=O) groups excluding carboxylic acids is 1. The third kappa shape index (κ3) is 4.66. The van der Waals surface area contributed by atoms with Crippen molar-refractivity contribution in [2.24, 2.45) is 0 Å². The summed E-state index contributed by atoms with van der Waals surface area (Å²) >= 11 is 0. The van der Waals surface area contributed by atoms with Gasteiger partial charge < -0.3 is 4.90 Å². The Kier molecular flexibility index (Phi) is 5.81. The molecule has 2 aromatic carbocycles. The van der Waals surface area contributed by atoms with Gasteiger partial charge in [0.25, 0.3) is 0 Å². The summed E-state index contributed by atoms with van der Waals surface area (Å²) in [5, 5.41) is 0. The Morgan fingerprint density at radius 2 is 1.61 bits per heavy atom. The van der Waals surface area contributed by atoms with Gasteiger partial charge in [0.1, 0.15) is 0 Å². The van der Waals surface area contributed by atoms with Crippen molar-refractivity contribution in [2.75, 3.05) is 13.1 Å². The van der Waals surface area contributed by atoms with Gasteiger partial charge in [-0.3, -0.25) is 9.78 Å². The van der Waals surface area contributed by atoms with Gasteiger partial charge >= 0.3 is 0 Å². The second-order valence-electron chi connectivity index (χ2n) is 7.56. The summed E-state index contributed by atoms with van der Waals surface area (Å²) in [6.45, 7) is 1.62. The van der Waals surface area contributed by atoms with Gasteiger partial charge in [-0.1, -0.05) is 66.7 Å². The van der Waals surface area contributed by atoms with Crippen molar-refractivity contribution < 1.29 is 4.79 Å². The molecule has 1 fully saturated rings. The molecule has 1 saturated heterocycles. The maximum atomic E-state index is 12.8. The Balaban J connectivity index is 1.43. The van der Waals surface area contributed by atoms with E-state index in [0.717, 1.165) is 49.3 Å². The number of rotatable bonds is 5. The first-order valence-electron chi connectivity index (χ1n) is 10.1. The monoisotopic (exact) mass is 370 g/mol. The molecule has 142 valence electrons. The molecule has 0 spiro atoms. The standard InChI is InChI=1S/C25H26N2O/c28-25(18-21-11-5-2-6-12-21)27-16-8-13-22(19-27)24-15-7-14-23(26-24)17-20-9-3-1-4-10-20/h1-7,9-12,14-15,22H,8,13,16-19H2/t22-/m1/s1. The topological polar surface area (TPSA) is 33.2 Å². The number of benzene rings is 2. The number of hydrogen-bond acceptors (Lipinski definition) is 2. The Hall–Kier alpha value is -2.94. The van der Waals surface area contributed by atoms with Crippen molar-refractivity contribution in [2.45, 2.75) is 31.6 Å². The van der Waals surface area contributed by atoms with Crippen LogP contribution in [0.2, 0.25) is 0 Å². The summed E-state index contributed by atoms with van der Waals surface area (Å²) in [4.78, 5) is 19.7. The molecule has 0 N–H and O–H groups in total. The van der Waals surface area contributed by atoms with Crippen LogP contribution in [0.5, 0.6) is 0 Å². The predicted molar refractivity (Wildman–Crippen MR) is 112 cm³/mol. The van der Waals surface area contributed by atoms with Crippen molar-refractivity contribution in [1.82, 2.24) is 9.88 Å². The van der Waals surface area contributed by atoms with Crippen LogP contribution in [0.15, 0.2) is 78.9 Å². The molecule has 0 radical (unpaired) electrons. The summed E-state index contributed by atoms with van der Waals surface area (Å²) in [5.41, 5.74) is 4.56. The largest absolute Gasteiger partial charge is 0.342 e. The summed E-state index contributed by atoms with van der Waals surface area (Å²) in [7, 11) is 0. The summed E-state index contributed by atoms with van der Waals surface area (Å²) < 4.78 is 0. The van der Waals surface area contributed by atoms with Crippen LogP contribution in [-0.2, 0) is 17.6 Å². The minimum atomic E-state index is 0.219. The molecule has 3 nitrogen and oxygen atoms in total. The first-order chi connectivity index (χ1) is 13.8. The highest BCUT2D eigenvalue weighted by Crippen LogP contribution is 2.26. The lowest BCUT2D eigenvalue weighted by Gasteiger charge is -2.32. The molecule has 0 bridgehead atoms. The van der Waals surface area contributed by atoms with Crippen LogP contribution in [0, 0.1) is 0 Å². The zero-order valence-corrected chi connectivity index (χ0v) is 16.1. The summed E-state index contributed by atoms with van der Waals surface area (Å²) in [6, 6.07) is 26.8. The molecule has 2 heterocycles. The van der Waals surface area contributed by atoms with Crippen molar-refractivity contribution in [1.29, 1.82) is 0 Å². The zero-order chi connectivity index (χ0) is 19.2. The Labute approximate surface area is 167 Å². The molecule has 0 saturated carbocycles. The van der Waals surface area contributed by atoms with Gasteiger partial charge in [-0.05, 0) is 36.1 Å². The molecule has 0 aliphatic carbocycles. The summed E-state index contributed by atoms with van der Waals surface area (Å²) in [5.74, 6) is 0.542. The van der Waals surface area contributed by atoms with E-state index in [1.807, 2.05) is 41.3 Å². The Bertz CT molecular complexity index is 908. The molecule has 1 aromatic heterocycles. The fourth-order valence-corrected chi connectivity index (χ4v) is 3.96. The first kappa shape index (κ1) is 18.4. The fourth-order valence-electron chi connectivity index (χ4n) is 3.96. The van der Waals surface area contributed by atoms with Crippen LogP contribution < -0.4 is 0 Å².